The van der Waals surface area contributed by atoms with E-state index in [1.807, 2.05) is 23.1 Å². The largest absolute Gasteiger partial charge is 0.476 e. The van der Waals surface area contributed by atoms with Crippen LogP contribution in [-0.4, -0.2) is 69.3 Å². The fraction of sp³-hybridized carbons (Fsp3) is 0.690. The first-order valence-electron chi connectivity index (χ1n) is 14.1. The van der Waals surface area contributed by atoms with Crippen LogP contribution in [0.5, 0.6) is 5.75 Å². The predicted octanol–water partition coefficient (Wildman–Crippen LogP) is 3.11. The molecule has 38 heavy (non-hydrogen) atoms. The summed E-state index contributed by atoms with van der Waals surface area (Å²) in [5, 5.41) is 6.36. The average Bonchev–Trinajstić information content (AvgIpc) is 3.71. The van der Waals surface area contributed by atoms with Crippen LogP contribution in [0.15, 0.2) is 18.2 Å². The second kappa shape index (κ2) is 12.0. The van der Waals surface area contributed by atoms with E-state index >= 15 is 0 Å². The molecule has 0 unspecified atom stereocenters. The first-order valence-corrected chi connectivity index (χ1v) is 14.1. The lowest BCUT2D eigenvalue weighted by atomic mass is 9.88. The molecule has 1 aromatic carbocycles. The summed E-state index contributed by atoms with van der Waals surface area (Å²) in [5.74, 6) is 0.610. The number of carbonyl (C=O) groups excluding carboxylic acids is 3. The molecule has 1 aromatic rings. The van der Waals surface area contributed by atoms with Gasteiger partial charge < -0.3 is 29.9 Å². The van der Waals surface area contributed by atoms with Crippen molar-refractivity contribution in [3.63, 3.8) is 0 Å². The van der Waals surface area contributed by atoms with E-state index in [4.69, 9.17) is 9.47 Å². The van der Waals surface area contributed by atoms with Crippen LogP contribution >= 0.6 is 0 Å². The van der Waals surface area contributed by atoms with Crippen LogP contribution in [0.1, 0.15) is 59.8 Å². The van der Waals surface area contributed by atoms with Crippen molar-refractivity contribution < 1.29 is 23.9 Å². The lowest BCUT2D eigenvalue weighted by Gasteiger charge is -2.39. The van der Waals surface area contributed by atoms with Crippen molar-refractivity contribution in [2.75, 3.05) is 49.7 Å². The highest BCUT2D eigenvalue weighted by molar-refractivity contribution is 6.04. The summed E-state index contributed by atoms with van der Waals surface area (Å²) >= 11 is 0. The number of carbonyl (C=O) groups is 3. The Balaban J connectivity index is 1.53. The number of hydrogen-bond donors (Lipinski definition) is 2. The van der Waals surface area contributed by atoms with E-state index in [1.54, 1.807) is 25.9 Å². The fourth-order valence-electron chi connectivity index (χ4n) is 5.30. The molecule has 2 atom stereocenters. The summed E-state index contributed by atoms with van der Waals surface area (Å²) < 4.78 is 11.3. The van der Waals surface area contributed by atoms with Crippen molar-refractivity contribution in [2.45, 2.75) is 71.4 Å². The second-order valence-corrected chi connectivity index (χ2v) is 11.8. The molecule has 0 radical (unpaired) electrons. The molecule has 0 aromatic heterocycles. The summed E-state index contributed by atoms with van der Waals surface area (Å²) in [6.45, 7) is 10.7. The van der Waals surface area contributed by atoms with Crippen molar-refractivity contribution in [2.24, 2.45) is 17.8 Å². The van der Waals surface area contributed by atoms with Crippen LogP contribution in [0.3, 0.4) is 0 Å². The number of ether oxygens (including phenoxy) is 2. The number of fused-ring (bicyclic) bond motifs is 1. The molecule has 2 N–H and O–H groups in total. The Bertz CT molecular complexity index is 1020. The van der Waals surface area contributed by atoms with Crippen molar-refractivity contribution in [1.82, 2.24) is 10.6 Å². The topological polar surface area (TPSA) is 100 Å². The van der Waals surface area contributed by atoms with Crippen LogP contribution < -0.4 is 25.2 Å². The molecular weight excluding hydrogens is 484 g/mol. The highest BCUT2D eigenvalue weighted by Gasteiger charge is 2.43. The van der Waals surface area contributed by atoms with Crippen LogP contribution in [0.25, 0.3) is 0 Å². The SMILES string of the molecule is COCCCN1C(=O)C(C)(C)Oc2ccc(N(C(=O)[C@@H]3CNC[C@H](C(=O)NCCC(C)C)C3)C3CC3)cc21. The number of hydrogen-bond acceptors (Lipinski definition) is 6. The van der Waals surface area contributed by atoms with E-state index in [-0.39, 0.29) is 35.6 Å². The van der Waals surface area contributed by atoms with Crippen molar-refractivity contribution in [3.8, 4) is 5.75 Å². The number of nitrogens with zero attached hydrogens (tertiary/aromatic N) is 2. The minimum absolute atomic E-state index is 0.0207. The Morgan fingerprint density at radius 3 is 2.66 bits per heavy atom. The molecule has 1 saturated carbocycles. The molecule has 3 amide bonds. The lowest BCUT2D eigenvalue weighted by Crippen LogP contribution is -2.53. The van der Waals surface area contributed by atoms with Gasteiger partial charge in [0.25, 0.3) is 5.91 Å². The predicted molar refractivity (Wildman–Crippen MR) is 147 cm³/mol. The summed E-state index contributed by atoms with van der Waals surface area (Å²) in [5.41, 5.74) is 0.490. The minimum atomic E-state index is -0.966. The highest BCUT2D eigenvalue weighted by atomic mass is 16.5. The number of nitrogens with one attached hydrogen (secondary N) is 2. The molecule has 1 aliphatic carbocycles. The van der Waals surface area contributed by atoms with Gasteiger partial charge in [-0.25, -0.2) is 0 Å². The van der Waals surface area contributed by atoms with Crippen LogP contribution in [0, 0.1) is 17.8 Å². The number of methoxy groups -OCH3 is 1. The van der Waals surface area contributed by atoms with Gasteiger partial charge >= 0.3 is 0 Å². The van der Waals surface area contributed by atoms with Gasteiger partial charge in [0, 0.05) is 51.6 Å². The molecule has 210 valence electrons. The smallest absolute Gasteiger partial charge is 0.270 e. The zero-order chi connectivity index (χ0) is 27.4. The third kappa shape index (κ3) is 6.49. The maximum absolute atomic E-state index is 13.9. The van der Waals surface area contributed by atoms with Gasteiger partial charge in [-0.15, -0.1) is 0 Å². The van der Waals surface area contributed by atoms with E-state index in [0.29, 0.717) is 63.0 Å². The first-order chi connectivity index (χ1) is 18.1. The molecule has 9 nitrogen and oxygen atoms in total. The Hall–Kier alpha value is -2.65. The molecule has 2 heterocycles. The number of piperidine rings is 1. The Labute approximate surface area is 226 Å². The molecule has 0 bridgehead atoms. The van der Waals surface area contributed by atoms with Crippen LogP contribution in [0.2, 0.25) is 0 Å². The van der Waals surface area contributed by atoms with E-state index in [9.17, 15) is 14.4 Å². The van der Waals surface area contributed by atoms with Gasteiger partial charge in [0.15, 0.2) is 5.60 Å². The molecule has 1 saturated heterocycles. The third-order valence-corrected chi connectivity index (χ3v) is 7.61. The Morgan fingerprint density at radius 1 is 1.24 bits per heavy atom. The van der Waals surface area contributed by atoms with Gasteiger partial charge in [-0.3, -0.25) is 14.4 Å². The Morgan fingerprint density at radius 2 is 1.97 bits per heavy atom. The molecule has 3 aliphatic rings. The number of rotatable bonds is 11. The lowest BCUT2D eigenvalue weighted by molar-refractivity contribution is -0.132. The highest BCUT2D eigenvalue weighted by Crippen LogP contribution is 2.43. The van der Waals surface area contributed by atoms with Crippen LogP contribution in [-0.2, 0) is 19.1 Å². The number of anilines is 2. The maximum atomic E-state index is 13.9. The summed E-state index contributed by atoms with van der Waals surface area (Å²) in [6.07, 6.45) is 4.06. The quantitative estimate of drug-likeness (QED) is 0.428. The van der Waals surface area contributed by atoms with E-state index < -0.39 is 5.60 Å². The molecule has 4 rings (SSSR count). The number of amides is 3. The van der Waals surface area contributed by atoms with Gasteiger partial charge in [-0.1, -0.05) is 13.8 Å². The average molecular weight is 529 g/mol. The van der Waals surface area contributed by atoms with Crippen molar-refractivity contribution >= 4 is 29.1 Å². The van der Waals surface area contributed by atoms with Gasteiger partial charge in [0.05, 0.1) is 17.5 Å². The van der Waals surface area contributed by atoms with Gasteiger partial charge in [-0.05, 0) is 70.1 Å². The van der Waals surface area contributed by atoms with E-state index in [1.165, 1.54) is 0 Å². The van der Waals surface area contributed by atoms with Crippen molar-refractivity contribution in [1.29, 1.82) is 0 Å². The van der Waals surface area contributed by atoms with Gasteiger partial charge in [0.2, 0.25) is 11.8 Å². The second-order valence-electron chi connectivity index (χ2n) is 11.8. The molecule has 9 heteroatoms. The molecule has 0 spiro atoms. The van der Waals surface area contributed by atoms with Gasteiger partial charge in [-0.2, -0.15) is 0 Å². The zero-order valence-electron chi connectivity index (χ0n) is 23.5. The standard InChI is InChI=1S/C29H44N4O5/c1-19(2)11-12-31-26(34)20-15-21(18-30-17-20)27(35)33(22-7-8-22)23-9-10-25-24(16-23)32(13-6-14-37-5)28(36)29(3,4)38-25/h9-10,16,19-22,30H,6-8,11-15,17-18H2,1-5H3,(H,31,34)/t20-,21+/m1/s1. The Kier molecular flexibility index (Phi) is 8.98. The summed E-state index contributed by atoms with van der Waals surface area (Å²) in [6, 6.07) is 5.84. The summed E-state index contributed by atoms with van der Waals surface area (Å²) in [4.78, 5) is 43.6. The summed E-state index contributed by atoms with van der Waals surface area (Å²) in [7, 11) is 1.65. The van der Waals surface area contributed by atoms with E-state index in [2.05, 4.69) is 24.5 Å². The maximum Gasteiger partial charge on any atom is 0.270 e. The first kappa shape index (κ1) is 28.4. The molecule has 2 aliphatic heterocycles. The fourth-order valence-corrected chi connectivity index (χ4v) is 5.30. The number of benzene rings is 1. The third-order valence-electron chi connectivity index (χ3n) is 7.61. The van der Waals surface area contributed by atoms with E-state index in [0.717, 1.165) is 24.9 Å². The zero-order valence-corrected chi connectivity index (χ0v) is 23.5. The minimum Gasteiger partial charge on any atom is -0.476 e. The normalized spacial score (nSPS) is 22.6. The van der Waals surface area contributed by atoms with Gasteiger partial charge in [0.1, 0.15) is 5.75 Å². The monoisotopic (exact) mass is 528 g/mol. The van der Waals surface area contributed by atoms with Crippen LogP contribution in [0.4, 0.5) is 11.4 Å². The molecule has 2 fully saturated rings. The molecular formula is C29H44N4O5. The van der Waals surface area contributed by atoms with Crippen molar-refractivity contribution in [3.05, 3.63) is 18.2 Å².